The van der Waals surface area contributed by atoms with Gasteiger partial charge < -0.3 is 10.0 Å². The lowest BCUT2D eigenvalue weighted by atomic mass is 9.91. The van der Waals surface area contributed by atoms with E-state index in [1.54, 1.807) is 12.1 Å². The Balaban J connectivity index is 1.97. The predicted octanol–water partition coefficient (Wildman–Crippen LogP) is 1.86. The summed E-state index contributed by atoms with van der Waals surface area (Å²) in [6.07, 6.45) is 4.34. The molecule has 0 spiro atoms. The number of rotatable bonds is 6. The monoisotopic (exact) mass is 272 g/mol. The smallest absolute Gasteiger partial charge is 0.227 e. The molecule has 1 aromatic carbocycles. The number of hydrogen-bond acceptors (Lipinski definition) is 3. The number of benzene rings is 1. The highest BCUT2D eigenvalue weighted by atomic mass is 16.3. The van der Waals surface area contributed by atoms with Crippen LogP contribution in [0.5, 0.6) is 0 Å². The van der Waals surface area contributed by atoms with Crippen LogP contribution in [0.4, 0.5) is 0 Å². The molecule has 20 heavy (non-hydrogen) atoms. The second kappa shape index (κ2) is 7.06. The summed E-state index contributed by atoms with van der Waals surface area (Å²) in [7, 11) is 0. The molecule has 0 saturated heterocycles. The summed E-state index contributed by atoms with van der Waals surface area (Å²) in [6.45, 7) is 0.754. The third kappa shape index (κ3) is 3.58. The van der Waals surface area contributed by atoms with E-state index in [1.165, 1.54) is 6.42 Å². The van der Waals surface area contributed by atoms with Gasteiger partial charge in [-0.2, -0.15) is 5.26 Å². The van der Waals surface area contributed by atoms with Crippen molar-refractivity contribution in [1.29, 1.82) is 5.26 Å². The number of carbonyl (C=O) groups is 1. The van der Waals surface area contributed by atoms with Crippen molar-refractivity contribution in [3.63, 3.8) is 0 Å². The zero-order valence-corrected chi connectivity index (χ0v) is 11.6. The van der Waals surface area contributed by atoms with Crippen LogP contribution in [-0.2, 0) is 11.2 Å². The molecule has 0 radical (unpaired) electrons. The standard InChI is InChI=1S/C16H20N2O2/c17-12-14-7-5-13(6-8-14)11-16(20)18(9-2-10-19)15-3-1-4-15/h5-8,15,19H,1-4,9-11H2. The first-order chi connectivity index (χ1) is 9.74. The molecule has 0 bridgehead atoms. The largest absolute Gasteiger partial charge is 0.396 e. The van der Waals surface area contributed by atoms with Crippen molar-refractivity contribution in [2.24, 2.45) is 0 Å². The van der Waals surface area contributed by atoms with Crippen LogP contribution in [0.2, 0.25) is 0 Å². The van der Waals surface area contributed by atoms with E-state index < -0.39 is 0 Å². The molecule has 4 nitrogen and oxygen atoms in total. The van der Waals surface area contributed by atoms with Gasteiger partial charge in [-0.05, 0) is 43.4 Å². The van der Waals surface area contributed by atoms with Gasteiger partial charge in [0, 0.05) is 19.2 Å². The number of aliphatic hydroxyl groups is 1. The lowest BCUT2D eigenvalue weighted by molar-refractivity contribution is -0.134. The van der Waals surface area contributed by atoms with Crippen LogP contribution in [0.1, 0.15) is 36.8 Å². The maximum absolute atomic E-state index is 12.4. The van der Waals surface area contributed by atoms with Crippen LogP contribution in [0.25, 0.3) is 0 Å². The average Bonchev–Trinajstić information content (AvgIpc) is 2.42. The molecule has 106 valence electrons. The first-order valence-corrected chi connectivity index (χ1v) is 7.14. The highest BCUT2D eigenvalue weighted by Crippen LogP contribution is 2.25. The zero-order chi connectivity index (χ0) is 14.4. The Bertz CT molecular complexity index is 486. The van der Waals surface area contributed by atoms with Gasteiger partial charge in [0.1, 0.15) is 0 Å². The fourth-order valence-electron chi connectivity index (χ4n) is 2.42. The van der Waals surface area contributed by atoms with Crippen LogP contribution in [0.3, 0.4) is 0 Å². The molecule has 1 N–H and O–H groups in total. The number of nitrogens with zero attached hydrogens (tertiary/aromatic N) is 2. The van der Waals surface area contributed by atoms with Crippen LogP contribution >= 0.6 is 0 Å². The van der Waals surface area contributed by atoms with Gasteiger partial charge in [0.05, 0.1) is 18.1 Å². The van der Waals surface area contributed by atoms with Gasteiger partial charge in [-0.3, -0.25) is 4.79 Å². The van der Waals surface area contributed by atoms with E-state index in [1.807, 2.05) is 17.0 Å². The third-order valence-electron chi connectivity index (χ3n) is 3.83. The fourth-order valence-corrected chi connectivity index (χ4v) is 2.42. The zero-order valence-electron chi connectivity index (χ0n) is 11.6. The van der Waals surface area contributed by atoms with E-state index in [9.17, 15) is 4.79 Å². The Morgan fingerprint density at radius 2 is 2.05 bits per heavy atom. The topological polar surface area (TPSA) is 64.3 Å². The minimum atomic E-state index is 0.118. The normalized spacial score (nSPS) is 14.4. The second-order valence-corrected chi connectivity index (χ2v) is 5.23. The van der Waals surface area contributed by atoms with Crippen molar-refractivity contribution in [2.75, 3.05) is 13.2 Å². The molecular formula is C16H20N2O2. The van der Waals surface area contributed by atoms with Crippen molar-refractivity contribution >= 4 is 5.91 Å². The van der Waals surface area contributed by atoms with Crippen LogP contribution in [0.15, 0.2) is 24.3 Å². The highest BCUT2D eigenvalue weighted by Gasteiger charge is 2.28. The second-order valence-electron chi connectivity index (χ2n) is 5.23. The van der Waals surface area contributed by atoms with Gasteiger partial charge >= 0.3 is 0 Å². The molecule has 0 aromatic heterocycles. The minimum Gasteiger partial charge on any atom is -0.396 e. The molecular weight excluding hydrogens is 252 g/mol. The molecule has 1 amide bonds. The molecule has 0 unspecified atom stereocenters. The quantitative estimate of drug-likeness (QED) is 0.859. The summed E-state index contributed by atoms with van der Waals surface area (Å²) < 4.78 is 0. The Morgan fingerprint density at radius 3 is 2.55 bits per heavy atom. The van der Waals surface area contributed by atoms with Gasteiger partial charge in [0.15, 0.2) is 0 Å². The van der Waals surface area contributed by atoms with Gasteiger partial charge in [-0.15, -0.1) is 0 Å². The summed E-state index contributed by atoms with van der Waals surface area (Å²) in [6, 6.07) is 9.58. The third-order valence-corrected chi connectivity index (χ3v) is 3.83. The first-order valence-electron chi connectivity index (χ1n) is 7.14. The summed E-state index contributed by atoms with van der Waals surface area (Å²) in [5.74, 6) is 0.118. The summed E-state index contributed by atoms with van der Waals surface area (Å²) in [5, 5.41) is 17.7. The summed E-state index contributed by atoms with van der Waals surface area (Å²) >= 11 is 0. The number of nitriles is 1. The number of aliphatic hydroxyl groups excluding tert-OH is 1. The fraction of sp³-hybridized carbons (Fsp3) is 0.500. The maximum atomic E-state index is 12.4. The molecule has 1 aliphatic rings. The van der Waals surface area contributed by atoms with E-state index in [0.29, 0.717) is 31.0 Å². The molecule has 1 aliphatic carbocycles. The van der Waals surface area contributed by atoms with E-state index in [-0.39, 0.29) is 12.5 Å². The van der Waals surface area contributed by atoms with Crippen LogP contribution < -0.4 is 0 Å². The molecule has 0 aliphatic heterocycles. The van der Waals surface area contributed by atoms with E-state index in [4.69, 9.17) is 10.4 Å². The van der Waals surface area contributed by atoms with Gasteiger partial charge in [-0.25, -0.2) is 0 Å². The summed E-state index contributed by atoms with van der Waals surface area (Å²) in [5.41, 5.74) is 1.54. The van der Waals surface area contributed by atoms with Crippen LogP contribution in [0, 0.1) is 11.3 Å². The van der Waals surface area contributed by atoms with Gasteiger partial charge in [0.2, 0.25) is 5.91 Å². The predicted molar refractivity (Wildman–Crippen MR) is 75.9 cm³/mol. The highest BCUT2D eigenvalue weighted by molar-refractivity contribution is 5.79. The Kier molecular flexibility index (Phi) is 5.14. The minimum absolute atomic E-state index is 0.118. The van der Waals surface area contributed by atoms with E-state index in [2.05, 4.69) is 6.07 Å². The van der Waals surface area contributed by atoms with Crippen molar-refractivity contribution in [2.45, 2.75) is 38.1 Å². The van der Waals surface area contributed by atoms with Gasteiger partial charge in [0.25, 0.3) is 0 Å². The van der Waals surface area contributed by atoms with E-state index >= 15 is 0 Å². The number of carbonyl (C=O) groups excluding carboxylic acids is 1. The van der Waals surface area contributed by atoms with Crippen LogP contribution in [-0.4, -0.2) is 35.1 Å². The van der Waals surface area contributed by atoms with E-state index in [0.717, 1.165) is 18.4 Å². The first kappa shape index (κ1) is 14.5. The molecule has 0 atom stereocenters. The average molecular weight is 272 g/mol. The number of amides is 1. The van der Waals surface area contributed by atoms with Crippen molar-refractivity contribution < 1.29 is 9.90 Å². The lowest BCUT2D eigenvalue weighted by Gasteiger charge is -2.37. The Morgan fingerprint density at radius 1 is 1.35 bits per heavy atom. The molecule has 1 fully saturated rings. The van der Waals surface area contributed by atoms with Crippen molar-refractivity contribution in [3.8, 4) is 6.07 Å². The lowest BCUT2D eigenvalue weighted by Crippen LogP contribution is -2.45. The Labute approximate surface area is 119 Å². The number of hydrogen-bond donors (Lipinski definition) is 1. The molecule has 4 heteroatoms. The Hall–Kier alpha value is -1.86. The molecule has 1 saturated carbocycles. The molecule has 1 aromatic rings. The summed E-state index contributed by atoms with van der Waals surface area (Å²) in [4.78, 5) is 14.3. The van der Waals surface area contributed by atoms with Crippen molar-refractivity contribution in [3.05, 3.63) is 35.4 Å². The molecule has 2 rings (SSSR count). The van der Waals surface area contributed by atoms with Crippen molar-refractivity contribution in [1.82, 2.24) is 4.90 Å². The van der Waals surface area contributed by atoms with Gasteiger partial charge in [-0.1, -0.05) is 12.1 Å². The molecule has 0 heterocycles. The maximum Gasteiger partial charge on any atom is 0.227 e. The SMILES string of the molecule is N#Cc1ccc(CC(=O)N(CCCO)C2CCC2)cc1.